The zero-order chi connectivity index (χ0) is 14.0. The van der Waals surface area contributed by atoms with Crippen LogP contribution in [0, 0.1) is 15.9 Å². The first-order valence-corrected chi connectivity index (χ1v) is 6.77. The van der Waals surface area contributed by atoms with E-state index in [4.69, 9.17) is 5.73 Å². The van der Waals surface area contributed by atoms with Crippen molar-refractivity contribution in [2.45, 2.75) is 12.5 Å². The van der Waals surface area contributed by atoms with Crippen LogP contribution in [0.5, 0.6) is 0 Å². The summed E-state index contributed by atoms with van der Waals surface area (Å²) in [6, 6.07) is 1.79. The van der Waals surface area contributed by atoms with Crippen LogP contribution in [-0.4, -0.2) is 28.4 Å². The summed E-state index contributed by atoms with van der Waals surface area (Å²) in [6.07, 6.45) is 0.798. The fraction of sp³-hybridized carbons (Fsp3) is 0.364. The highest BCUT2D eigenvalue weighted by atomic mass is 32.2. The van der Waals surface area contributed by atoms with Crippen molar-refractivity contribution in [3.8, 4) is 0 Å². The van der Waals surface area contributed by atoms with Crippen LogP contribution in [0.3, 0.4) is 0 Å². The maximum atomic E-state index is 13.6. The number of hydrogen-bond acceptors (Lipinski definition) is 5. The van der Waals surface area contributed by atoms with Gasteiger partial charge in [0.15, 0.2) is 0 Å². The van der Waals surface area contributed by atoms with Gasteiger partial charge >= 0.3 is 0 Å². The van der Waals surface area contributed by atoms with E-state index >= 15 is 0 Å². The molecule has 1 aromatic carbocycles. The largest absolute Gasteiger partial charge is 0.392 e. The third kappa shape index (κ3) is 2.78. The lowest BCUT2D eigenvalue weighted by atomic mass is 10.1. The van der Waals surface area contributed by atoms with Gasteiger partial charge in [-0.2, -0.15) is 11.8 Å². The fourth-order valence-corrected chi connectivity index (χ4v) is 3.03. The van der Waals surface area contributed by atoms with Gasteiger partial charge in [-0.25, -0.2) is 4.39 Å². The number of carbonyl (C=O) groups excluding carboxylic acids is 1. The van der Waals surface area contributed by atoms with Crippen molar-refractivity contribution in [2.75, 3.05) is 17.2 Å². The third-order valence-corrected chi connectivity index (χ3v) is 4.02. The Bertz CT molecular complexity index is 532. The summed E-state index contributed by atoms with van der Waals surface area (Å²) in [5.74, 6) is 0.123. The second kappa shape index (κ2) is 5.43. The number of hydrogen-bond donors (Lipinski definition) is 2. The number of anilines is 1. The maximum Gasteiger partial charge on any atom is 0.293 e. The maximum absolute atomic E-state index is 13.6. The number of carbonyl (C=O) groups is 1. The summed E-state index contributed by atoms with van der Waals surface area (Å²) in [6.45, 7) is 0. The SMILES string of the molecule is Nc1c([N+](=O)[O-])ccc(F)c1C(=O)NC1CCSC1. The van der Waals surface area contributed by atoms with E-state index in [1.807, 2.05) is 0 Å². The summed E-state index contributed by atoms with van der Waals surface area (Å²) in [7, 11) is 0. The molecule has 2 rings (SSSR count). The van der Waals surface area contributed by atoms with E-state index in [0.29, 0.717) is 0 Å². The van der Waals surface area contributed by atoms with Crippen LogP contribution in [0.1, 0.15) is 16.8 Å². The minimum Gasteiger partial charge on any atom is -0.392 e. The number of nitrogens with zero attached hydrogens (tertiary/aromatic N) is 1. The topological polar surface area (TPSA) is 98.3 Å². The van der Waals surface area contributed by atoms with E-state index < -0.39 is 33.6 Å². The van der Waals surface area contributed by atoms with E-state index in [-0.39, 0.29) is 6.04 Å². The molecule has 19 heavy (non-hydrogen) atoms. The van der Waals surface area contributed by atoms with Gasteiger partial charge in [0, 0.05) is 17.9 Å². The van der Waals surface area contributed by atoms with Crippen LogP contribution >= 0.6 is 11.8 Å². The molecule has 1 heterocycles. The van der Waals surface area contributed by atoms with Gasteiger partial charge in [0.1, 0.15) is 17.1 Å². The molecule has 1 aliphatic heterocycles. The van der Waals surface area contributed by atoms with Crippen molar-refractivity contribution in [3.05, 3.63) is 33.6 Å². The number of rotatable bonds is 3. The molecule has 0 bridgehead atoms. The second-order valence-corrected chi connectivity index (χ2v) is 5.30. The minimum absolute atomic E-state index is 0.0458. The number of amides is 1. The molecule has 1 atom stereocenters. The summed E-state index contributed by atoms with van der Waals surface area (Å²) in [4.78, 5) is 21.9. The van der Waals surface area contributed by atoms with E-state index in [2.05, 4.69) is 5.32 Å². The molecule has 0 aliphatic carbocycles. The van der Waals surface area contributed by atoms with E-state index in [0.717, 1.165) is 30.1 Å². The number of nitro benzene ring substituents is 1. The molecule has 102 valence electrons. The van der Waals surface area contributed by atoms with E-state index in [1.165, 1.54) is 0 Å². The zero-order valence-corrected chi connectivity index (χ0v) is 10.7. The minimum atomic E-state index is -0.855. The number of benzene rings is 1. The molecule has 6 nitrogen and oxygen atoms in total. The van der Waals surface area contributed by atoms with Crippen LogP contribution in [0.4, 0.5) is 15.8 Å². The average molecular weight is 285 g/mol. The first-order chi connectivity index (χ1) is 9.00. The highest BCUT2D eigenvalue weighted by Crippen LogP contribution is 2.28. The molecular formula is C11H12FN3O3S. The Hall–Kier alpha value is -1.83. The first-order valence-electron chi connectivity index (χ1n) is 5.61. The molecular weight excluding hydrogens is 273 g/mol. The fourth-order valence-electron chi connectivity index (χ4n) is 1.88. The molecule has 1 unspecified atom stereocenters. The Morgan fingerprint density at radius 2 is 2.32 bits per heavy atom. The van der Waals surface area contributed by atoms with Crippen LogP contribution in [0.2, 0.25) is 0 Å². The lowest BCUT2D eigenvalue weighted by Crippen LogP contribution is -2.35. The van der Waals surface area contributed by atoms with Crippen molar-refractivity contribution in [3.63, 3.8) is 0 Å². The standard InChI is InChI=1S/C11H12FN3O3S/c12-7-1-2-8(15(17)18)10(13)9(7)11(16)14-6-3-4-19-5-6/h1-2,6H,3-5,13H2,(H,14,16). The molecule has 1 fully saturated rings. The van der Waals surface area contributed by atoms with Crippen molar-refractivity contribution in [2.24, 2.45) is 0 Å². The van der Waals surface area contributed by atoms with Gasteiger partial charge in [-0.05, 0) is 18.2 Å². The third-order valence-electron chi connectivity index (χ3n) is 2.86. The van der Waals surface area contributed by atoms with Crippen LogP contribution in [-0.2, 0) is 0 Å². The van der Waals surface area contributed by atoms with Gasteiger partial charge in [0.25, 0.3) is 11.6 Å². The number of nitrogen functional groups attached to an aromatic ring is 1. The van der Waals surface area contributed by atoms with Crippen LogP contribution in [0.25, 0.3) is 0 Å². The van der Waals surface area contributed by atoms with Gasteiger partial charge in [-0.1, -0.05) is 0 Å². The highest BCUT2D eigenvalue weighted by Gasteiger charge is 2.26. The van der Waals surface area contributed by atoms with Gasteiger partial charge < -0.3 is 11.1 Å². The van der Waals surface area contributed by atoms with Crippen molar-refractivity contribution in [1.82, 2.24) is 5.32 Å². The Labute approximate surface area is 112 Å². The summed E-state index contributed by atoms with van der Waals surface area (Å²) >= 11 is 1.69. The molecule has 1 saturated heterocycles. The number of nitro groups is 1. The second-order valence-electron chi connectivity index (χ2n) is 4.15. The molecule has 0 radical (unpaired) electrons. The molecule has 0 aromatic heterocycles. The van der Waals surface area contributed by atoms with E-state index in [1.54, 1.807) is 11.8 Å². The number of thioether (sulfide) groups is 1. The highest BCUT2D eigenvalue weighted by molar-refractivity contribution is 7.99. The lowest BCUT2D eigenvalue weighted by molar-refractivity contribution is -0.384. The lowest BCUT2D eigenvalue weighted by Gasteiger charge is -2.13. The number of nitrogens with two attached hydrogens (primary N) is 1. The molecule has 8 heteroatoms. The summed E-state index contributed by atoms with van der Waals surface area (Å²) < 4.78 is 13.6. The summed E-state index contributed by atoms with van der Waals surface area (Å²) in [5.41, 5.74) is 4.16. The van der Waals surface area contributed by atoms with Crippen LogP contribution in [0.15, 0.2) is 12.1 Å². The average Bonchev–Trinajstić information content (AvgIpc) is 2.81. The molecule has 3 N–H and O–H groups in total. The first kappa shape index (κ1) is 13.6. The van der Waals surface area contributed by atoms with Gasteiger partial charge in [-0.3, -0.25) is 14.9 Å². The summed E-state index contributed by atoms with van der Waals surface area (Å²) in [5, 5.41) is 13.4. The normalized spacial score (nSPS) is 18.3. The molecule has 0 spiro atoms. The van der Waals surface area contributed by atoms with Crippen molar-refractivity contribution >= 4 is 29.0 Å². The molecule has 1 aliphatic rings. The molecule has 0 saturated carbocycles. The Morgan fingerprint density at radius 3 is 2.89 bits per heavy atom. The van der Waals surface area contributed by atoms with Gasteiger partial charge in [0.05, 0.1) is 4.92 Å². The zero-order valence-electron chi connectivity index (χ0n) is 9.89. The predicted molar refractivity (Wildman–Crippen MR) is 70.7 cm³/mol. The van der Waals surface area contributed by atoms with E-state index in [9.17, 15) is 19.3 Å². The Kier molecular flexibility index (Phi) is 3.89. The monoisotopic (exact) mass is 285 g/mol. The number of halogens is 1. The van der Waals surface area contributed by atoms with Crippen molar-refractivity contribution in [1.29, 1.82) is 0 Å². The smallest absolute Gasteiger partial charge is 0.293 e. The molecule has 1 aromatic rings. The van der Waals surface area contributed by atoms with Gasteiger partial charge in [-0.15, -0.1) is 0 Å². The Morgan fingerprint density at radius 1 is 1.58 bits per heavy atom. The number of nitrogens with one attached hydrogen (secondary N) is 1. The van der Waals surface area contributed by atoms with Crippen molar-refractivity contribution < 1.29 is 14.1 Å². The Balaban J connectivity index is 2.29. The predicted octanol–water partition coefficient (Wildman–Crippen LogP) is 1.55. The van der Waals surface area contributed by atoms with Gasteiger partial charge in [0.2, 0.25) is 0 Å². The quantitative estimate of drug-likeness (QED) is 0.499. The van der Waals surface area contributed by atoms with Crippen LogP contribution < -0.4 is 11.1 Å². The molecule has 1 amide bonds.